The van der Waals surface area contributed by atoms with Gasteiger partial charge in [-0.3, -0.25) is 19.8 Å². The Labute approximate surface area is 92.0 Å². The summed E-state index contributed by atoms with van der Waals surface area (Å²) in [4.78, 5) is 24.0. The van der Waals surface area contributed by atoms with Gasteiger partial charge in [0, 0.05) is 0 Å². The number of hydrogen-bond donors (Lipinski definition) is 1. The average Bonchev–Trinajstić information content (AvgIpc) is 2.24. The summed E-state index contributed by atoms with van der Waals surface area (Å²) in [6, 6.07) is 5.89. The fourth-order valence-corrected chi connectivity index (χ4v) is 1.60. The van der Waals surface area contributed by atoms with E-state index in [0.717, 1.165) is 4.90 Å². The van der Waals surface area contributed by atoms with Gasteiger partial charge in [-0.1, -0.05) is 12.1 Å². The molecular weight excluding hydrogens is 211 g/mol. The van der Waals surface area contributed by atoms with Crippen LogP contribution >= 0.6 is 0 Å². The Balaban J connectivity index is 2.13. The SMILES string of the molecule is O=C1CNCC(=O)N1Cc1cccc(F)c1. The van der Waals surface area contributed by atoms with E-state index in [1.807, 2.05) is 0 Å². The van der Waals surface area contributed by atoms with Gasteiger partial charge in [0.15, 0.2) is 0 Å². The van der Waals surface area contributed by atoms with E-state index in [1.165, 1.54) is 12.1 Å². The average molecular weight is 222 g/mol. The molecule has 0 atom stereocenters. The van der Waals surface area contributed by atoms with Crippen molar-refractivity contribution in [3.63, 3.8) is 0 Å². The van der Waals surface area contributed by atoms with Gasteiger partial charge in [0.2, 0.25) is 11.8 Å². The zero-order chi connectivity index (χ0) is 11.5. The van der Waals surface area contributed by atoms with Gasteiger partial charge in [0.25, 0.3) is 0 Å². The summed E-state index contributed by atoms with van der Waals surface area (Å²) in [5.74, 6) is -0.923. The van der Waals surface area contributed by atoms with Gasteiger partial charge in [0.1, 0.15) is 5.82 Å². The molecule has 1 saturated heterocycles. The predicted octanol–water partition coefficient (Wildman–Crippen LogP) is 0.284. The van der Waals surface area contributed by atoms with E-state index in [-0.39, 0.29) is 37.3 Å². The largest absolute Gasteiger partial charge is 0.300 e. The number of rotatable bonds is 2. The van der Waals surface area contributed by atoms with Crippen molar-refractivity contribution in [3.8, 4) is 0 Å². The highest BCUT2D eigenvalue weighted by atomic mass is 19.1. The van der Waals surface area contributed by atoms with Crippen LogP contribution < -0.4 is 5.32 Å². The minimum absolute atomic E-state index is 0.136. The van der Waals surface area contributed by atoms with E-state index in [0.29, 0.717) is 5.56 Å². The minimum atomic E-state index is -0.368. The number of amides is 2. The van der Waals surface area contributed by atoms with Crippen molar-refractivity contribution in [3.05, 3.63) is 35.6 Å². The molecule has 4 nitrogen and oxygen atoms in total. The maximum absolute atomic E-state index is 12.9. The lowest BCUT2D eigenvalue weighted by Gasteiger charge is -2.25. The minimum Gasteiger partial charge on any atom is -0.300 e. The lowest BCUT2D eigenvalue weighted by molar-refractivity contribution is -0.147. The van der Waals surface area contributed by atoms with Crippen molar-refractivity contribution in [2.24, 2.45) is 0 Å². The number of carbonyl (C=O) groups excluding carboxylic acids is 2. The third-order valence-electron chi connectivity index (χ3n) is 2.38. The molecule has 0 aliphatic carbocycles. The third-order valence-corrected chi connectivity index (χ3v) is 2.38. The van der Waals surface area contributed by atoms with E-state index >= 15 is 0 Å². The molecule has 0 bridgehead atoms. The van der Waals surface area contributed by atoms with Crippen LogP contribution in [0.4, 0.5) is 4.39 Å². The molecular formula is C11H11FN2O2. The highest BCUT2D eigenvalue weighted by Gasteiger charge is 2.25. The molecule has 0 radical (unpaired) electrons. The number of imide groups is 1. The van der Waals surface area contributed by atoms with E-state index in [2.05, 4.69) is 5.32 Å². The first-order chi connectivity index (χ1) is 7.66. The van der Waals surface area contributed by atoms with Gasteiger partial charge in [-0.2, -0.15) is 0 Å². The van der Waals surface area contributed by atoms with Crippen molar-refractivity contribution in [2.45, 2.75) is 6.54 Å². The Morgan fingerprint density at radius 1 is 1.25 bits per heavy atom. The second-order valence-corrected chi connectivity index (χ2v) is 3.61. The van der Waals surface area contributed by atoms with E-state index in [9.17, 15) is 14.0 Å². The van der Waals surface area contributed by atoms with Gasteiger partial charge in [-0.25, -0.2) is 4.39 Å². The zero-order valence-corrected chi connectivity index (χ0v) is 8.57. The van der Waals surface area contributed by atoms with Crippen LogP contribution in [-0.4, -0.2) is 29.8 Å². The predicted molar refractivity (Wildman–Crippen MR) is 54.8 cm³/mol. The highest BCUT2D eigenvalue weighted by Crippen LogP contribution is 2.09. The second kappa shape index (κ2) is 4.40. The molecule has 1 aliphatic heterocycles. The van der Waals surface area contributed by atoms with E-state index in [4.69, 9.17) is 0 Å². The molecule has 1 heterocycles. The first-order valence-electron chi connectivity index (χ1n) is 4.95. The van der Waals surface area contributed by atoms with Crippen molar-refractivity contribution in [1.82, 2.24) is 10.2 Å². The molecule has 5 heteroatoms. The lowest BCUT2D eigenvalue weighted by Crippen LogP contribution is -2.51. The van der Waals surface area contributed by atoms with E-state index in [1.54, 1.807) is 12.1 Å². The normalized spacial score (nSPS) is 16.7. The Morgan fingerprint density at radius 2 is 1.94 bits per heavy atom. The standard InChI is InChI=1S/C11H11FN2O2/c12-9-3-1-2-8(4-9)7-14-10(15)5-13-6-11(14)16/h1-4,13H,5-7H2. The molecule has 2 amide bonds. The molecule has 16 heavy (non-hydrogen) atoms. The van der Waals surface area contributed by atoms with Crippen LogP contribution in [0.2, 0.25) is 0 Å². The van der Waals surface area contributed by atoms with Gasteiger partial charge in [0.05, 0.1) is 19.6 Å². The fraction of sp³-hybridized carbons (Fsp3) is 0.273. The van der Waals surface area contributed by atoms with Crippen LogP contribution in [0, 0.1) is 5.82 Å². The van der Waals surface area contributed by atoms with Crippen LogP contribution in [0.25, 0.3) is 0 Å². The summed E-state index contributed by atoms with van der Waals surface area (Å²) in [5.41, 5.74) is 0.614. The summed E-state index contributed by atoms with van der Waals surface area (Å²) in [5, 5.41) is 2.70. The summed E-state index contributed by atoms with van der Waals surface area (Å²) < 4.78 is 12.9. The number of carbonyl (C=O) groups is 2. The second-order valence-electron chi connectivity index (χ2n) is 3.61. The van der Waals surface area contributed by atoms with Gasteiger partial charge >= 0.3 is 0 Å². The summed E-state index contributed by atoms with van der Waals surface area (Å²) in [7, 11) is 0. The Morgan fingerprint density at radius 3 is 2.56 bits per heavy atom. The first kappa shape index (κ1) is 10.8. The van der Waals surface area contributed by atoms with Crippen molar-refractivity contribution < 1.29 is 14.0 Å². The van der Waals surface area contributed by atoms with Gasteiger partial charge in [-0.05, 0) is 17.7 Å². The number of halogens is 1. The molecule has 1 aromatic rings. The molecule has 0 aromatic heterocycles. The fourth-order valence-electron chi connectivity index (χ4n) is 1.60. The molecule has 1 N–H and O–H groups in total. The molecule has 0 spiro atoms. The van der Waals surface area contributed by atoms with Crippen LogP contribution in [0.5, 0.6) is 0 Å². The van der Waals surface area contributed by atoms with Crippen molar-refractivity contribution in [1.29, 1.82) is 0 Å². The zero-order valence-electron chi connectivity index (χ0n) is 8.57. The van der Waals surface area contributed by atoms with Crippen LogP contribution in [0.3, 0.4) is 0 Å². The monoisotopic (exact) mass is 222 g/mol. The van der Waals surface area contributed by atoms with Crippen LogP contribution in [-0.2, 0) is 16.1 Å². The number of nitrogens with one attached hydrogen (secondary N) is 1. The lowest BCUT2D eigenvalue weighted by atomic mass is 10.2. The Bertz CT molecular complexity index is 418. The van der Waals surface area contributed by atoms with Crippen LogP contribution in [0.15, 0.2) is 24.3 Å². The molecule has 1 aromatic carbocycles. The number of nitrogens with zero attached hydrogens (tertiary/aromatic N) is 1. The molecule has 2 rings (SSSR count). The quantitative estimate of drug-likeness (QED) is 0.731. The maximum atomic E-state index is 12.9. The topological polar surface area (TPSA) is 49.4 Å². The number of piperazine rings is 1. The van der Waals surface area contributed by atoms with E-state index < -0.39 is 0 Å². The smallest absolute Gasteiger partial charge is 0.243 e. The van der Waals surface area contributed by atoms with Gasteiger partial charge < -0.3 is 0 Å². The van der Waals surface area contributed by atoms with Crippen LogP contribution in [0.1, 0.15) is 5.56 Å². The summed E-state index contributed by atoms with van der Waals surface area (Å²) in [6.45, 7) is 0.444. The Kier molecular flexibility index (Phi) is 2.96. The van der Waals surface area contributed by atoms with Crippen molar-refractivity contribution in [2.75, 3.05) is 13.1 Å². The molecule has 0 saturated carbocycles. The third kappa shape index (κ3) is 2.25. The summed E-state index contributed by atoms with van der Waals surface area (Å²) in [6.07, 6.45) is 0. The first-order valence-corrected chi connectivity index (χ1v) is 4.95. The Hall–Kier alpha value is -1.75. The maximum Gasteiger partial charge on any atom is 0.243 e. The van der Waals surface area contributed by atoms with Gasteiger partial charge in [-0.15, -0.1) is 0 Å². The molecule has 1 aliphatic rings. The number of benzene rings is 1. The molecule has 1 fully saturated rings. The molecule has 84 valence electrons. The highest BCUT2D eigenvalue weighted by molar-refractivity contribution is 5.99. The summed E-state index contributed by atoms with van der Waals surface area (Å²) >= 11 is 0. The van der Waals surface area contributed by atoms with Crippen molar-refractivity contribution >= 4 is 11.8 Å². The number of hydrogen-bond acceptors (Lipinski definition) is 3. The molecule has 0 unspecified atom stereocenters.